The van der Waals surface area contributed by atoms with E-state index >= 15 is 0 Å². The molecule has 1 fully saturated rings. The quantitative estimate of drug-likeness (QED) is 0.904. The number of rotatable bonds is 3. The SMILES string of the molecule is Cc1ccc(O)c(C(=O)Nc2ccc(N3CCN(C)CC3)nc2)c1. The van der Waals surface area contributed by atoms with Crippen molar-refractivity contribution in [3.63, 3.8) is 0 Å². The van der Waals surface area contributed by atoms with E-state index in [0.29, 0.717) is 5.69 Å². The van der Waals surface area contributed by atoms with Gasteiger partial charge in [-0.2, -0.15) is 0 Å². The lowest BCUT2D eigenvalue weighted by Crippen LogP contribution is -2.44. The minimum atomic E-state index is -0.342. The monoisotopic (exact) mass is 326 g/mol. The van der Waals surface area contributed by atoms with E-state index in [9.17, 15) is 9.90 Å². The number of hydrogen-bond acceptors (Lipinski definition) is 5. The predicted molar refractivity (Wildman–Crippen MR) is 94.7 cm³/mol. The summed E-state index contributed by atoms with van der Waals surface area (Å²) in [6, 6.07) is 8.70. The first kappa shape index (κ1) is 16.3. The van der Waals surface area contributed by atoms with Crippen LogP contribution >= 0.6 is 0 Å². The number of nitrogens with zero attached hydrogens (tertiary/aromatic N) is 3. The molecule has 0 aliphatic carbocycles. The number of carbonyl (C=O) groups is 1. The second-order valence-electron chi connectivity index (χ2n) is 6.17. The van der Waals surface area contributed by atoms with Crippen molar-refractivity contribution in [3.05, 3.63) is 47.7 Å². The molecule has 0 spiro atoms. The Balaban J connectivity index is 1.68. The summed E-state index contributed by atoms with van der Waals surface area (Å²) < 4.78 is 0. The van der Waals surface area contributed by atoms with Crippen LogP contribution in [-0.4, -0.2) is 54.1 Å². The average Bonchev–Trinajstić information content (AvgIpc) is 2.58. The average molecular weight is 326 g/mol. The summed E-state index contributed by atoms with van der Waals surface area (Å²) in [5, 5.41) is 12.6. The zero-order chi connectivity index (χ0) is 17.1. The van der Waals surface area contributed by atoms with Crippen LogP contribution in [0.2, 0.25) is 0 Å². The Morgan fingerprint density at radius 1 is 1.17 bits per heavy atom. The Morgan fingerprint density at radius 3 is 2.58 bits per heavy atom. The fourth-order valence-corrected chi connectivity index (χ4v) is 2.71. The van der Waals surface area contributed by atoms with Crippen LogP contribution in [0.4, 0.5) is 11.5 Å². The Kier molecular flexibility index (Phi) is 4.66. The number of phenolic OH excluding ortho intramolecular Hbond substituents is 1. The number of aromatic hydroxyl groups is 1. The number of nitrogens with one attached hydrogen (secondary N) is 1. The van der Waals surface area contributed by atoms with Gasteiger partial charge in [-0.25, -0.2) is 4.98 Å². The van der Waals surface area contributed by atoms with Gasteiger partial charge < -0.3 is 20.2 Å². The minimum Gasteiger partial charge on any atom is -0.507 e. The van der Waals surface area contributed by atoms with E-state index in [1.165, 1.54) is 6.07 Å². The maximum Gasteiger partial charge on any atom is 0.259 e. The van der Waals surface area contributed by atoms with Crippen molar-refractivity contribution in [2.45, 2.75) is 6.92 Å². The Morgan fingerprint density at radius 2 is 1.92 bits per heavy atom. The molecule has 0 unspecified atom stereocenters. The van der Waals surface area contributed by atoms with Gasteiger partial charge in [0.25, 0.3) is 5.91 Å². The van der Waals surface area contributed by atoms with Gasteiger partial charge in [0.1, 0.15) is 11.6 Å². The summed E-state index contributed by atoms with van der Waals surface area (Å²) in [4.78, 5) is 21.3. The number of benzene rings is 1. The van der Waals surface area contributed by atoms with Crippen molar-refractivity contribution in [2.24, 2.45) is 0 Å². The van der Waals surface area contributed by atoms with Gasteiger partial charge in [0, 0.05) is 26.2 Å². The summed E-state index contributed by atoms with van der Waals surface area (Å²) in [6.45, 7) is 5.82. The highest BCUT2D eigenvalue weighted by atomic mass is 16.3. The minimum absolute atomic E-state index is 0.0277. The zero-order valence-electron chi connectivity index (χ0n) is 14.0. The summed E-state index contributed by atoms with van der Waals surface area (Å²) in [5.74, 6) is 0.546. The number of pyridine rings is 1. The van der Waals surface area contributed by atoms with Crippen LogP contribution in [0.1, 0.15) is 15.9 Å². The van der Waals surface area contributed by atoms with Gasteiger partial charge in [-0.1, -0.05) is 11.6 Å². The van der Waals surface area contributed by atoms with Crippen molar-refractivity contribution >= 4 is 17.4 Å². The molecular weight excluding hydrogens is 304 g/mol. The van der Waals surface area contributed by atoms with Crippen LogP contribution in [0, 0.1) is 6.92 Å². The lowest BCUT2D eigenvalue weighted by molar-refractivity contribution is 0.102. The van der Waals surface area contributed by atoms with E-state index < -0.39 is 0 Å². The molecular formula is C18H22N4O2. The molecule has 1 saturated heterocycles. The van der Waals surface area contributed by atoms with E-state index in [1.54, 1.807) is 18.3 Å². The molecule has 0 atom stereocenters. The molecule has 0 saturated carbocycles. The number of phenols is 1. The first-order chi connectivity index (χ1) is 11.5. The highest BCUT2D eigenvalue weighted by Gasteiger charge is 2.16. The zero-order valence-corrected chi connectivity index (χ0v) is 14.0. The van der Waals surface area contributed by atoms with Crippen molar-refractivity contribution in [2.75, 3.05) is 43.4 Å². The molecule has 6 nitrogen and oxygen atoms in total. The van der Waals surface area contributed by atoms with Gasteiger partial charge in [0.05, 0.1) is 17.4 Å². The van der Waals surface area contributed by atoms with Crippen molar-refractivity contribution < 1.29 is 9.90 Å². The standard InChI is InChI=1S/C18H22N4O2/c1-13-3-5-16(23)15(11-13)18(24)20-14-4-6-17(19-12-14)22-9-7-21(2)8-10-22/h3-6,11-12,23H,7-10H2,1-2H3,(H,20,24). The van der Waals surface area contributed by atoms with Crippen molar-refractivity contribution in [1.82, 2.24) is 9.88 Å². The van der Waals surface area contributed by atoms with E-state index in [0.717, 1.165) is 37.6 Å². The fraction of sp³-hybridized carbons (Fsp3) is 0.333. The van der Waals surface area contributed by atoms with Crippen LogP contribution in [0.5, 0.6) is 5.75 Å². The van der Waals surface area contributed by atoms with Gasteiger partial charge in [-0.05, 0) is 38.2 Å². The smallest absolute Gasteiger partial charge is 0.259 e. The van der Waals surface area contributed by atoms with Crippen LogP contribution in [0.3, 0.4) is 0 Å². The summed E-state index contributed by atoms with van der Waals surface area (Å²) >= 11 is 0. The third kappa shape index (κ3) is 3.65. The van der Waals surface area contributed by atoms with E-state index in [-0.39, 0.29) is 17.2 Å². The molecule has 1 aliphatic heterocycles. The number of amides is 1. The molecule has 6 heteroatoms. The number of likely N-dealkylation sites (N-methyl/N-ethyl adjacent to an activating group) is 1. The van der Waals surface area contributed by atoms with E-state index in [2.05, 4.69) is 27.1 Å². The third-order valence-electron chi connectivity index (χ3n) is 4.23. The van der Waals surface area contributed by atoms with Crippen molar-refractivity contribution in [3.8, 4) is 5.75 Å². The highest BCUT2D eigenvalue weighted by Crippen LogP contribution is 2.21. The molecule has 1 amide bonds. The number of carbonyl (C=O) groups excluding carboxylic acids is 1. The molecule has 0 bridgehead atoms. The Bertz CT molecular complexity index is 722. The lowest BCUT2D eigenvalue weighted by Gasteiger charge is -2.33. The lowest BCUT2D eigenvalue weighted by atomic mass is 10.1. The number of hydrogen-bond donors (Lipinski definition) is 2. The first-order valence-electron chi connectivity index (χ1n) is 8.03. The molecule has 24 heavy (non-hydrogen) atoms. The van der Waals surface area contributed by atoms with Gasteiger partial charge in [-0.15, -0.1) is 0 Å². The molecule has 1 aromatic carbocycles. The van der Waals surface area contributed by atoms with E-state index in [4.69, 9.17) is 0 Å². The highest BCUT2D eigenvalue weighted by molar-refractivity contribution is 6.06. The third-order valence-corrected chi connectivity index (χ3v) is 4.23. The molecule has 126 valence electrons. The number of piperazine rings is 1. The topological polar surface area (TPSA) is 68.7 Å². The summed E-state index contributed by atoms with van der Waals surface area (Å²) in [7, 11) is 2.12. The Hall–Kier alpha value is -2.60. The second kappa shape index (κ2) is 6.88. The molecule has 0 radical (unpaired) electrons. The largest absolute Gasteiger partial charge is 0.507 e. The van der Waals surface area contributed by atoms with Crippen LogP contribution in [-0.2, 0) is 0 Å². The number of aromatic nitrogens is 1. The van der Waals surface area contributed by atoms with Crippen LogP contribution in [0.25, 0.3) is 0 Å². The first-order valence-corrected chi connectivity index (χ1v) is 8.03. The molecule has 2 aromatic rings. The molecule has 1 aromatic heterocycles. The molecule has 2 heterocycles. The second-order valence-corrected chi connectivity index (χ2v) is 6.17. The fourth-order valence-electron chi connectivity index (χ4n) is 2.71. The molecule has 3 rings (SSSR count). The van der Waals surface area contributed by atoms with Crippen LogP contribution in [0.15, 0.2) is 36.5 Å². The Labute approximate surface area is 141 Å². The summed E-state index contributed by atoms with van der Waals surface area (Å²) in [6.07, 6.45) is 1.65. The number of anilines is 2. The maximum absolute atomic E-state index is 12.3. The van der Waals surface area contributed by atoms with Gasteiger partial charge >= 0.3 is 0 Å². The van der Waals surface area contributed by atoms with Gasteiger partial charge in [0.15, 0.2) is 0 Å². The maximum atomic E-state index is 12.3. The van der Waals surface area contributed by atoms with Crippen LogP contribution < -0.4 is 10.2 Å². The predicted octanol–water partition coefficient (Wildman–Crippen LogP) is 2.10. The van der Waals surface area contributed by atoms with Gasteiger partial charge in [0.2, 0.25) is 0 Å². The normalized spacial score (nSPS) is 15.3. The summed E-state index contributed by atoms with van der Waals surface area (Å²) in [5.41, 5.74) is 1.79. The van der Waals surface area contributed by atoms with Crippen molar-refractivity contribution in [1.29, 1.82) is 0 Å². The molecule has 1 aliphatic rings. The molecule has 2 N–H and O–H groups in total. The van der Waals surface area contributed by atoms with E-state index in [1.807, 2.05) is 19.1 Å². The number of aryl methyl sites for hydroxylation is 1. The van der Waals surface area contributed by atoms with Gasteiger partial charge in [-0.3, -0.25) is 4.79 Å².